The van der Waals surface area contributed by atoms with Crippen LogP contribution in [0.5, 0.6) is 0 Å². The van der Waals surface area contributed by atoms with Gasteiger partial charge in [-0.3, -0.25) is 19.3 Å². The highest BCUT2D eigenvalue weighted by Crippen LogP contribution is 2.26. The standard InChI is InChI=1S/C21H20N2O5/c1-3-12(2)23-19(25)16-8-7-14(10-17(16)20(23)26)18(24)22-11-13-5-4-6-15(9-13)21(27)28/h4-10,12H,3,11H2,1-2H3,(H,22,24)(H,27,28). The van der Waals surface area contributed by atoms with Gasteiger partial charge in [0.15, 0.2) is 0 Å². The molecule has 144 valence electrons. The molecule has 7 nitrogen and oxygen atoms in total. The number of fused-ring (bicyclic) bond motifs is 1. The fraction of sp³-hybridized carbons (Fsp3) is 0.238. The third-order valence-electron chi connectivity index (χ3n) is 4.84. The van der Waals surface area contributed by atoms with E-state index in [1.807, 2.05) is 6.92 Å². The quantitative estimate of drug-likeness (QED) is 0.750. The second-order valence-electron chi connectivity index (χ2n) is 6.69. The Kier molecular flexibility index (Phi) is 5.26. The number of aromatic carboxylic acids is 1. The maximum atomic E-state index is 12.6. The number of nitrogens with zero attached hydrogens (tertiary/aromatic N) is 1. The van der Waals surface area contributed by atoms with Crippen LogP contribution >= 0.6 is 0 Å². The molecule has 0 radical (unpaired) electrons. The normalized spacial score (nSPS) is 14.0. The Labute approximate surface area is 162 Å². The summed E-state index contributed by atoms with van der Waals surface area (Å²) in [6, 6.07) is 10.5. The Hall–Kier alpha value is -3.48. The summed E-state index contributed by atoms with van der Waals surface area (Å²) >= 11 is 0. The number of carboxylic acids is 1. The molecule has 2 aromatic carbocycles. The van der Waals surface area contributed by atoms with Crippen molar-refractivity contribution >= 4 is 23.7 Å². The molecule has 0 saturated carbocycles. The van der Waals surface area contributed by atoms with Crippen molar-refractivity contribution in [2.75, 3.05) is 0 Å². The van der Waals surface area contributed by atoms with Crippen molar-refractivity contribution in [3.05, 3.63) is 70.3 Å². The molecule has 0 saturated heterocycles. The molecule has 1 aliphatic rings. The zero-order chi connectivity index (χ0) is 20.4. The third-order valence-corrected chi connectivity index (χ3v) is 4.84. The van der Waals surface area contributed by atoms with Crippen LogP contribution in [-0.4, -0.2) is 39.7 Å². The number of imide groups is 1. The molecule has 1 atom stereocenters. The highest BCUT2D eigenvalue weighted by molar-refractivity contribution is 6.22. The zero-order valence-corrected chi connectivity index (χ0v) is 15.6. The van der Waals surface area contributed by atoms with Gasteiger partial charge in [-0.2, -0.15) is 0 Å². The molecule has 0 fully saturated rings. The second kappa shape index (κ2) is 7.64. The first-order valence-corrected chi connectivity index (χ1v) is 8.95. The van der Waals surface area contributed by atoms with Gasteiger partial charge in [-0.1, -0.05) is 19.1 Å². The van der Waals surface area contributed by atoms with E-state index in [4.69, 9.17) is 5.11 Å². The highest BCUT2D eigenvalue weighted by Gasteiger charge is 2.38. The number of nitrogens with one attached hydrogen (secondary N) is 1. The van der Waals surface area contributed by atoms with E-state index in [0.717, 1.165) is 0 Å². The van der Waals surface area contributed by atoms with Gasteiger partial charge in [0, 0.05) is 18.2 Å². The van der Waals surface area contributed by atoms with Gasteiger partial charge in [0.2, 0.25) is 0 Å². The van der Waals surface area contributed by atoms with E-state index in [0.29, 0.717) is 17.5 Å². The van der Waals surface area contributed by atoms with Gasteiger partial charge in [-0.05, 0) is 49.2 Å². The lowest BCUT2D eigenvalue weighted by molar-refractivity contribution is 0.0591. The zero-order valence-electron chi connectivity index (χ0n) is 15.6. The summed E-state index contributed by atoms with van der Waals surface area (Å²) in [5.74, 6) is -2.18. The summed E-state index contributed by atoms with van der Waals surface area (Å²) in [6.07, 6.45) is 0.647. The lowest BCUT2D eigenvalue weighted by Crippen LogP contribution is -2.37. The van der Waals surface area contributed by atoms with Crippen LogP contribution in [-0.2, 0) is 6.54 Å². The highest BCUT2D eigenvalue weighted by atomic mass is 16.4. The van der Waals surface area contributed by atoms with Crippen molar-refractivity contribution < 1.29 is 24.3 Å². The van der Waals surface area contributed by atoms with Gasteiger partial charge in [0.1, 0.15) is 0 Å². The molecule has 2 N–H and O–H groups in total. The number of carbonyl (C=O) groups is 4. The first-order valence-electron chi connectivity index (χ1n) is 8.95. The molecule has 0 aromatic heterocycles. The Balaban J connectivity index is 1.76. The first kappa shape index (κ1) is 19.3. The molecule has 1 unspecified atom stereocenters. The van der Waals surface area contributed by atoms with Gasteiger partial charge in [-0.25, -0.2) is 4.79 Å². The van der Waals surface area contributed by atoms with Gasteiger partial charge in [-0.15, -0.1) is 0 Å². The molecule has 3 amide bonds. The van der Waals surface area contributed by atoms with Crippen molar-refractivity contribution in [3.63, 3.8) is 0 Å². The van der Waals surface area contributed by atoms with Crippen molar-refractivity contribution in [3.8, 4) is 0 Å². The summed E-state index contributed by atoms with van der Waals surface area (Å²) < 4.78 is 0. The lowest BCUT2D eigenvalue weighted by Gasteiger charge is -2.20. The number of amides is 3. The molecular weight excluding hydrogens is 360 g/mol. The van der Waals surface area contributed by atoms with Crippen molar-refractivity contribution in [2.45, 2.75) is 32.9 Å². The molecule has 0 spiro atoms. The van der Waals surface area contributed by atoms with Crippen LogP contribution in [0.15, 0.2) is 42.5 Å². The summed E-state index contributed by atoms with van der Waals surface area (Å²) in [5.41, 5.74) is 1.57. The third kappa shape index (κ3) is 3.51. The van der Waals surface area contributed by atoms with Gasteiger partial charge in [0.05, 0.1) is 16.7 Å². The van der Waals surface area contributed by atoms with E-state index < -0.39 is 17.8 Å². The topological polar surface area (TPSA) is 104 Å². The van der Waals surface area contributed by atoms with E-state index in [2.05, 4.69) is 5.32 Å². The molecule has 2 aromatic rings. The van der Waals surface area contributed by atoms with Crippen LogP contribution < -0.4 is 5.32 Å². The summed E-state index contributed by atoms with van der Waals surface area (Å²) in [5, 5.41) is 11.7. The average Bonchev–Trinajstić information content (AvgIpc) is 2.95. The molecule has 3 rings (SSSR count). The Morgan fingerprint density at radius 1 is 1.04 bits per heavy atom. The smallest absolute Gasteiger partial charge is 0.335 e. The number of hydrogen-bond donors (Lipinski definition) is 2. The predicted octanol–water partition coefficient (Wildman–Crippen LogP) is 2.71. The summed E-state index contributed by atoms with van der Waals surface area (Å²) in [6.45, 7) is 3.84. The predicted molar refractivity (Wildman–Crippen MR) is 101 cm³/mol. The molecule has 1 heterocycles. The van der Waals surface area contributed by atoms with Gasteiger partial charge in [0.25, 0.3) is 17.7 Å². The van der Waals surface area contributed by atoms with Crippen molar-refractivity contribution in [1.82, 2.24) is 10.2 Å². The van der Waals surface area contributed by atoms with E-state index in [9.17, 15) is 19.2 Å². The van der Waals surface area contributed by atoms with E-state index in [1.54, 1.807) is 19.1 Å². The summed E-state index contributed by atoms with van der Waals surface area (Å²) in [7, 11) is 0. The van der Waals surface area contributed by atoms with Crippen molar-refractivity contribution in [2.24, 2.45) is 0 Å². The Morgan fingerprint density at radius 3 is 2.43 bits per heavy atom. The average molecular weight is 380 g/mol. The monoisotopic (exact) mass is 380 g/mol. The summed E-state index contributed by atoms with van der Waals surface area (Å²) in [4.78, 5) is 49.7. The number of carboxylic acid groups (broad SMARTS) is 1. The van der Waals surface area contributed by atoms with Gasteiger partial charge >= 0.3 is 5.97 Å². The van der Waals surface area contributed by atoms with Gasteiger partial charge < -0.3 is 10.4 Å². The van der Waals surface area contributed by atoms with E-state index in [-0.39, 0.29) is 35.2 Å². The maximum Gasteiger partial charge on any atom is 0.335 e. The minimum atomic E-state index is -1.04. The Morgan fingerprint density at radius 2 is 1.75 bits per heavy atom. The Bertz CT molecular complexity index is 983. The lowest BCUT2D eigenvalue weighted by atomic mass is 10.1. The number of benzene rings is 2. The minimum Gasteiger partial charge on any atom is -0.478 e. The molecule has 0 aliphatic carbocycles. The number of carbonyl (C=O) groups excluding carboxylic acids is 3. The maximum absolute atomic E-state index is 12.6. The van der Waals surface area contributed by atoms with Crippen LogP contribution in [0.25, 0.3) is 0 Å². The molecule has 1 aliphatic heterocycles. The number of rotatable bonds is 6. The number of hydrogen-bond acceptors (Lipinski definition) is 4. The SMILES string of the molecule is CCC(C)N1C(=O)c2ccc(C(=O)NCc3cccc(C(=O)O)c3)cc2C1=O. The van der Waals surface area contributed by atoms with Crippen LogP contribution in [0, 0.1) is 0 Å². The van der Waals surface area contributed by atoms with E-state index in [1.165, 1.54) is 35.2 Å². The minimum absolute atomic E-state index is 0.138. The molecular formula is C21H20N2O5. The van der Waals surface area contributed by atoms with Crippen LogP contribution in [0.2, 0.25) is 0 Å². The van der Waals surface area contributed by atoms with E-state index >= 15 is 0 Å². The molecule has 0 bridgehead atoms. The van der Waals surface area contributed by atoms with Crippen molar-refractivity contribution in [1.29, 1.82) is 0 Å². The van der Waals surface area contributed by atoms with Crippen LogP contribution in [0.4, 0.5) is 0 Å². The fourth-order valence-electron chi connectivity index (χ4n) is 3.08. The fourth-order valence-corrected chi connectivity index (χ4v) is 3.08. The van der Waals surface area contributed by atoms with Crippen LogP contribution in [0.3, 0.4) is 0 Å². The molecule has 7 heteroatoms. The first-order chi connectivity index (χ1) is 13.3. The van der Waals surface area contributed by atoms with Crippen LogP contribution in [0.1, 0.15) is 67.3 Å². The largest absolute Gasteiger partial charge is 0.478 e. The molecule has 28 heavy (non-hydrogen) atoms. The second-order valence-corrected chi connectivity index (χ2v) is 6.69.